The van der Waals surface area contributed by atoms with Gasteiger partial charge in [-0.25, -0.2) is 4.52 Å². The largest absolute Gasteiger partial charge is 0.385 e. The summed E-state index contributed by atoms with van der Waals surface area (Å²) in [5.41, 5.74) is 2.89. The lowest BCUT2D eigenvalue weighted by Crippen LogP contribution is -2.59. The Morgan fingerprint density at radius 3 is 2.42 bits per heavy atom. The Kier molecular flexibility index (Phi) is 7.95. The molecule has 0 aliphatic carbocycles. The van der Waals surface area contributed by atoms with Gasteiger partial charge >= 0.3 is 0 Å². The number of benzene rings is 2. The number of halogens is 1. The van der Waals surface area contributed by atoms with Crippen LogP contribution in [0.3, 0.4) is 0 Å². The Bertz CT molecular complexity index is 1620. The second-order valence-corrected chi connectivity index (χ2v) is 11.7. The van der Waals surface area contributed by atoms with E-state index >= 15 is 0 Å². The van der Waals surface area contributed by atoms with Crippen molar-refractivity contribution in [1.29, 1.82) is 0 Å². The van der Waals surface area contributed by atoms with Gasteiger partial charge in [-0.05, 0) is 74.0 Å². The summed E-state index contributed by atoms with van der Waals surface area (Å²) in [7, 11) is 3.54. The van der Waals surface area contributed by atoms with Gasteiger partial charge in [0.15, 0.2) is 5.65 Å². The van der Waals surface area contributed by atoms with Gasteiger partial charge in [0.2, 0.25) is 11.9 Å². The smallest absolute Gasteiger partial charge is 0.254 e. The second kappa shape index (κ2) is 11.8. The van der Waals surface area contributed by atoms with Gasteiger partial charge < -0.3 is 30.4 Å². The minimum Gasteiger partial charge on any atom is -0.385 e. The molecule has 12 heteroatoms. The standard InChI is InChI=1S/C31H35ClN8O3/c1-33-28(41)26-20-37(2)18-19-39(26)29(42)21-5-11-24(12-6-21)34-30-35-27-25(4-3-15-40(27)36-30)38-16-13-31(43,14-17-38)22-7-9-23(32)10-8-22/h3-12,15,26,43H,13-14,16-20H2,1-2H3,(H,33,41)(H,34,36). The van der Waals surface area contributed by atoms with Crippen LogP contribution >= 0.6 is 11.6 Å². The molecule has 2 aliphatic heterocycles. The van der Waals surface area contributed by atoms with Crippen LogP contribution in [-0.4, -0.2) is 94.2 Å². The number of aliphatic hydroxyl groups is 1. The van der Waals surface area contributed by atoms with Gasteiger partial charge in [-0.3, -0.25) is 9.59 Å². The van der Waals surface area contributed by atoms with Crippen LogP contribution in [0.5, 0.6) is 0 Å². The molecule has 0 saturated carbocycles. The highest BCUT2D eigenvalue weighted by molar-refractivity contribution is 6.30. The molecule has 43 heavy (non-hydrogen) atoms. The molecule has 2 saturated heterocycles. The monoisotopic (exact) mass is 602 g/mol. The molecule has 4 heterocycles. The van der Waals surface area contributed by atoms with E-state index in [2.05, 4.69) is 25.5 Å². The first kappa shape index (κ1) is 28.9. The Balaban J connectivity index is 1.14. The van der Waals surface area contributed by atoms with Gasteiger partial charge in [-0.2, -0.15) is 4.98 Å². The normalized spacial score (nSPS) is 18.9. The van der Waals surface area contributed by atoms with E-state index < -0.39 is 11.6 Å². The van der Waals surface area contributed by atoms with Crippen LogP contribution < -0.4 is 15.5 Å². The molecule has 0 bridgehead atoms. The summed E-state index contributed by atoms with van der Waals surface area (Å²) in [5.74, 6) is 0.0884. The molecule has 2 aromatic carbocycles. The molecule has 0 spiro atoms. The van der Waals surface area contributed by atoms with E-state index in [4.69, 9.17) is 16.6 Å². The van der Waals surface area contributed by atoms with Crippen molar-refractivity contribution in [2.24, 2.45) is 0 Å². The van der Waals surface area contributed by atoms with Gasteiger partial charge in [-0.15, -0.1) is 5.10 Å². The first-order chi connectivity index (χ1) is 20.7. The maximum Gasteiger partial charge on any atom is 0.254 e. The third-order valence-corrected chi connectivity index (χ3v) is 8.69. The Morgan fingerprint density at radius 2 is 1.72 bits per heavy atom. The van der Waals surface area contributed by atoms with Crippen molar-refractivity contribution in [2.45, 2.75) is 24.5 Å². The summed E-state index contributed by atoms with van der Waals surface area (Å²) >= 11 is 6.04. The van der Waals surface area contributed by atoms with E-state index in [0.29, 0.717) is 67.7 Å². The molecule has 3 N–H and O–H groups in total. The number of amides is 2. The maximum absolute atomic E-state index is 13.3. The minimum atomic E-state index is -0.895. The van der Waals surface area contributed by atoms with Crippen molar-refractivity contribution in [3.05, 3.63) is 83.0 Å². The molecule has 2 fully saturated rings. The molecule has 6 rings (SSSR count). The topological polar surface area (TPSA) is 118 Å². The zero-order valence-corrected chi connectivity index (χ0v) is 25.0. The van der Waals surface area contributed by atoms with E-state index in [9.17, 15) is 14.7 Å². The van der Waals surface area contributed by atoms with Crippen LogP contribution in [0.25, 0.3) is 5.65 Å². The van der Waals surface area contributed by atoms with Crippen LogP contribution in [0.15, 0.2) is 66.9 Å². The summed E-state index contributed by atoms with van der Waals surface area (Å²) in [6.07, 6.45) is 3.02. The average molecular weight is 603 g/mol. The number of nitrogens with zero attached hydrogens (tertiary/aromatic N) is 6. The van der Waals surface area contributed by atoms with Crippen molar-refractivity contribution >= 4 is 46.4 Å². The number of carbonyl (C=O) groups is 2. The fraction of sp³-hybridized carbons (Fsp3) is 0.355. The number of rotatable bonds is 6. The third kappa shape index (κ3) is 5.88. The van der Waals surface area contributed by atoms with Crippen LogP contribution in [0.4, 0.5) is 17.3 Å². The number of hydrogen-bond acceptors (Lipinski definition) is 8. The van der Waals surface area contributed by atoms with Crippen LogP contribution in [-0.2, 0) is 10.4 Å². The minimum absolute atomic E-state index is 0.169. The Hall–Kier alpha value is -4.19. The predicted molar refractivity (Wildman–Crippen MR) is 166 cm³/mol. The molecule has 1 unspecified atom stereocenters. The molecule has 2 aliphatic rings. The van der Waals surface area contributed by atoms with E-state index in [1.807, 2.05) is 61.8 Å². The molecule has 224 valence electrons. The first-order valence-electron chi connectivity index (χ1n) is 14.4. The zero-order chi connectivity index (χ0) is 30.1. The molecular weight excluding hydrogens is 568 g/mol. The van der Waals surface area contributed by atoms with Crippen molar-refractivity contribution in [3.63, 3.8) is 0 Å². The molecular formula is C31H35ClN8O3. The van der Waals surface area contributed by atoms with E-state index in [1.54, 1.807) is 28.6 Å². The van der Waals surface area contributed by atoms with Crippen LogP contribution in [0.1, 0.15) is 28.8 Å². The number of likely N-dealkylation sites (N-methyl/N-ethyl adjacent to an activating group) is 2. The molecule has 1 atom stereocenters. The summed E-state index contributed by atoms with van der Waals surface area (Å²) < 4.78 is 1.74. The van der Waals surface area contributed by atoms with E-state index in [-0.39, 0.29) is 11.8 Å². The number of anilines is 3. The lowest BCUT2D eigenvalue weighted by atomic mass is 9.84. The molecule has 11 nitrogen and oxygen atoms in total. The highest BCUT2D eigenvalue weighted by Crippen LogP contribution is 2.36. The SMILES string of the molecule is CNC(=O)C1CN(C)CCN1C(=O)c1ccc(Nc2nc3c(N4CCC(O)(c5ccc(Cl)cc5)CC4)cccn3n2)cc1. The lowest BCUT2D eigenvalue weighted by molar-refractivity contribution is -0.126. The van der Waals surface area contributed by atoms with Crippen molar-refractivity contribution in [1.82, 2.24) is 29.7 Å². The second-order valence-electron chi connectivity index (χ2n) is 11.2. The van der Waals surface area contributed by atoms with Gasteiger partial charge in [-0.1, -0.05) is 23.7 Å². The van der Waals surface area contributed by atoms with Crippen molar-refractivity contribution in [3.8, 4) is 0 Å². The number of pyridine rings is 1. The highest BCUT2D eigenvalue weighted by Gasteiger charge is 2.35. The highest BCUT2D eigenvalue weighted by atomic mass is 35.5. The Morgan fingerprint density at radius 1 is 1.00 bits per heavy atom. The molecule has 0 radical (unpaired) electrons. The number of aromatic nitrogens is 3. The fourth-order valence-corrected chi connectivity index (χ4v) is 6.03. The van der Waals surface area contributed by atoms with Crippen molar-refractivity contribution in [2.75, 3.05) is 57.0 Å². The summed E-state index contributed by atoms with van der Waals surface area (Å²) in [5, 5.41) is 22.5. The quantitative estimate of drug-likeness (QED) is 0.308. The molecule has 2 amide bonds. The maximum atomic E-state index is 13.3. The van der Waals surface area contributed by atoms with Crippen LogP contribution in [0.2, 0.25) is 5.02 Å². The van der Waals surface area contributed by atoms with Crippen LogP contribution in [0, 0.1) is 0 Å². The van der Waals surface area contributed by atoms with Gasteiger partial charge in [0.05, 0.1) is 11.3 Å². The summed E-state index contributed by atoms with van der Waals surface area (Å²) in [6, 6.07) is 18.0. The van der Waals surface area contributed by atoms with Crippen molar-refractivity contribution < 1.29 is 14.7 Å². The predicted octanol–water partition coefficient (Wildman–Crippen LogP) is 3.12. The Labute approximate surface area is 255 Å². The third-order valence-electron chi connectivity index (χ3n) is 8.44. The summed E-state index contributed by atoms with van der Waals surface area (Å²) in [6.45, 7) is 3.02. The zero-order valence-electron chi connectivity index (χ0n) is 24.2. The number of fused-ring (bicyclic) bond motifs is 1. The van der Waals surface area contributed by atoms with E-state index in [0.717, 1.165) is 16.9 Å². The fourth-order valence-electron chi connectivity index (χ4n) is 5.90. The number of hydrogen-bond donors (Lipinski definition) is 3. The molecule has 2 aromatic heterocycles. The first-order valence-corrected chi connectivity index (χ1v) is 14.8. The van der Waals surface area contributed by atoms with Gasteiger partial charge in [0.1, 0.15) is 6.04 Å². The van der Waals surface area contributed by atoms with Gasteiger partial charge in [0.25, 0.3) is 5.91 Å². The lowest BCUT2D eigenvalue weighted by Gasteiger charge is -2.39. The number of nitrogens with one attached hydrogen (secondary N) is 2. The average Bonchev–Trinajstić information content (AvgIpc) is 3.44. The summed E-state index contributed by atoms with van der Waals surface area (Å²) in [4.78, 5) is 36.4. The van der Waals surface area contributed by atoms with E-state index in [1.165, 1.54) is 0 Å². The number of piperazine rings is 1. The number of carbonyl (C=O) groups excluding carboxylic acids is 2. The van der Waals surface area contributed by atoms with Gasteiger partial charge in [0, 0.05) is 62.2 Å². The number of piperidine rings is 1. The molecule has 4 aromatic rings.